The van der Waals surface area contributed by atoms with Crippen molar-refractivity contribution < 1.29 is 13.2 Å². The van der Waals surface area contributed by atoms with Crippen molar-refractivity contribution in [3.05, 3.63) is 23.8 Å². The predicted octanol–water partition coefficient (Wildman–Crippen LogP) is 0.265. The van der Waals surface area contributed by atoms with Gasteiger partial charge >= 0.3 is 0 Å². The van der Waals surface area contributed by atoms with Crippen LogP contribution < -0.4 is 15.8 Å². The van der Waals surface area contributed by atoms with Gasteiger partial charge in [-0.1, -0.05) is 6.07 Å². The van der Waals surface area contributed by atoms with Crippen LogP contribution in [-0.4, -0.2) is 51.9 Å². The number of hydrogen-bond donors (Lipinski definition) is 3. The Labute approximate surface area is 137 Å². The van der Waals surface area contributed by atoms with Crippen molar-refractivity contribution in [3.63, 3.8) is 0 Å². The molecule has 1 aromatic carbocycles. The number of rotatable bonds is 5. The highest BCUT2D eigenvalue weighted by Crippen LogP contribution is 2.20. The van der Waals surface area contributed by atoms with Gasteiger partial charge in [0.15, 0.2) is 0 Å². The van der Waals surface area contributed by atoms with Gasteiger partial charge in [-0.25, -0.2) is 13.1 Å². The Morgan fingerprint density at radius 1 is 1.35 bits per heavy atom. The van der Waals surface area contributed by atoms with Crippen LogP contribution in [0.25, 0.3) is 0 Å². The Morgan fingerprint density at radius 3 is 2.61 bits per heavy atom. The molecule has 0 atom stereocenters. The van der Waals surface area contributed by atoms with Crippen LogP contribution in [-0.2, 0) is 14.8 Å². The average Bonchev–Trinajstić information content (AvgIpc) is 2.51. The standard InChI is InChI=1S/C15H24N4O3S/c1-11-3-4-13(9-14(11)23(21,22)17-2)18-15(20)10-19-7-5-12(16)6-8-19/h3-4,9,12,17H,5-8,10,16H2,1-2H3,(H,18,20). The first-order valence-corrected chi connectivity index (χ1v) is 9.12. The monoisotopic (exact) mass is 340 g/mol. The number of sulfonamides is 1. The molecule has 0 saturated carbocycles. The molecule has 1 aliphatic heterocycles. The molecule has 1 fully saturated rings. The summed E-state index contributed by atoms with van der Waals surface area (Å²) in [5, 5.41) is 2.76. The van der Waals surface area contributed by atoms with E-state index in [1.54, 1.807) is 19.1 Å². The first-order chi connectivity index (χ1) is 10.8. The zero-order valence-corrected chi connectivity index (χ0v) is 14.3. The molecule has 4 N–H and O–H groups in total. The Morgan fingerprint density at radius 2 is 2.00 bits per heavy atom. The van der Waals surface area contributed by atoms with Crippen LogP contribution >= 0.6 is 0 Å². The molecule has 2 rings (SSSR count). The number of nitrogens with one attached hydrogen (secondary N) is 2. The van der Waals surface area contributed by atoms with E-state index in [9.17, 15) is 13.2 Å². The van der Waals surface area contributed by atoms with E-state index < -0.39 is 10.0 Å². The molecule has 0 spiro atoms. The third-order valence-electron chi connectivity index (χ3n) is 4.03. The second-order valence-corrected chi connectivity index (χ2v) is 7.70. The van der Waals surface area contributed by atoms with E-state index in [-0.39, 0.29) is 23.4 Å². The third-order valence-corrected chi connectivity index (χ3v) is 5.59. The first-order valence-electron chi connectivity index (χ1n) is 7.64. The molecule has 1 heterocycles. The Hall–Kier alpha value is -1.48. The summed E-state index contributed by atoms with van der Waals surface area (Å²) in [6.45, 7) is 3.62. The smallest absolute Gasteiger partial charge is 0.240 e. The number of benzene rings is 1. The van der Waals surface area contributed by atoms with Crippen LogP contribution in [0, 0.1) is 6.92 Å². The highest BCUT2D eigenvalue weighted by Gasteiger charge is 2.19. The maximum absolute atomic E-state index is 12.1. The number of carbonyl (C=O) groups is 1. The lowest BCUT2D eigenvalue weighted by molar-refractivity contribution is -0.117. The summed E-state index contributed by atoms with van der Waals surface area (Å²) in [5.74, 6) is -0.155. The fraction of sp³-hybridized carbons (Fsp3) is 0.533. The molecule has 1 amide bonds. The normalized spacial score (nSPS) is 17.2. The van der Waals surface area contributed by atoms with E-state index in [2.05, 4.69) is 14.9 Å². The van der Waals surface area contributed by atoms with Crippen molar-refractivity contribution >= 4 is 21.6 Å². The van der Waals surface area contributed by atoms with Crippen LogP contribution in [0.4, 0.5) is 5.69 Å². The summed E-state index contributed by atoms with van der Waals surface area (Å²) >= 11 is 0. The van der Waals surface area contributed by atoms with E-state index in [0.29, 0.717) is 11.3 Å². The van der Waals surface area contributed by atoms with Crippen LogP contribution in [0.1, 0.15) is 18.4 Å². The fourth-order valence-corrected chi connectivity index (χ4v) is 3.59. The van der Waals surface area contributed by atoms with Gasteiger partial charge in [-0.15, -0.1) is 0 Å². The average molecular weight is 340 g/mol. The van der Waals surface area contributed by atoms with E-state index >= 15 is 0 Å². The summed E-state index contributed by atoms with van der Waals surface area (Å²) in [7, 11) is -2.18. The fourth-order valence-electron chi connectivity index (χ4n) is 2.59. The molecular formula is C15H24N4O3S. The molecule has 1 saturated heterocycles. The zero-order chi connectivity index (χ0) is 17.0. The van der Waals surface area contributed by atoms with Gasteiger partial charge in [0.25, 0.3) is 0 Å². The summed E-state index contributed by atoms with van der Waals surface area (Å²) < 4.78 is 26.2. The van der Waals surface area contributed by atoms with Crippen molar-refractivity contribution in [1.82, 2.24) is 9.62 Å². The first kappa shape index (κ1) is 17.9. The molecule has 0 radical (unpaired) electrons. The molecule has 0 aromatic heterocycles. The number of carbonyl (C=O) groups excluding carboxylic acids is 1. The van der Waals surface area contributed by atoms with Gasteiger partial charge in [-0.05, 0) is 44.5 Å². The number of nitrogens with two attached hydrogens (primary N) is 1. The molecule has 23 heavy (non-hydrogen) atoms. The van der Waals surface area contributed by atoms with Gasteiger partial charge < -0.3 is 11.1 Å². The highest BCUT2D eigenvalue weighted by molar-refractivity contribution is 7.89. The molecule has 8 heteroatoms. The second-order valence-electron chi connectivity index (χ2n) is 5.85. The van der Waals surface area contributed by atoms with Crippen molar-refractivity contribution in [2.45, 2.75) is 30.7 Å². The Kier molecular flexibility index (Phi) is 5.74. The summed E-state index contributed by atoms with van der Waals surface area (Å²) in [6.07, 6.45) is 1.78. The molecular weight excluding hydrogens is 316 g/mol. The molecule has 0 unspecified atom stereocenters. The SMILES string of the molecule is CNS(=O)(=O)c1cc(NC(=O)CN2CCC(N)CC2)ccc1C. The quantitative estimate of drug-likeness (QED) is 0.713. The molecule has 7 nitrogen and oxygen atoms in total. The van der Waals surface area contributed by atoms with Gasteiger partial charge in [0.1, 0.15) is 0 Å². The maximum atomic E-state index is 12.1. The number of hydrogen-bond acceptors (Lipinski definition) is 5. The zero-order valence-electron chi connectivity index (χ0n) is 13.5. The number of piperidine rings is 1. The number of nitrogens with zero attached hydrogens (tertiary/aromatic N) is 1. The number of anilines is 1. The summed E-state index contributed by atoms with van der Waals surface area (Å²) in [5.41, 5.74) is 6.95. The van der Waals surface area contributed by atoms with Gasteiger partial charge in [0, 0.05) is 24.8 Å². The Balaban J connectivity index is 2.03. The van der Waals surface area contributed by atoms with Gasteiger partial charge in [0.2, 0.25) is 15.9 Å². The largest absolute Gasteiger partial charge is 0.328 e. The van der Waals surface area contributed by atoms with Crippen LogP contribution in [0.15, 0.2) is 23.1 Å². The lowest BCUT2D eigenvalue weighted by Crippen LogP contribution is -2.43. The van der Waals surface area contributed by atoms with Crippen molar-refractivity contribution in [3.8, 4) is 0 Å². The third kappa shape index (κ3) is 4.74. The number of amides is 1. The highest BCUT2D eigenvalue weighted by atomic mass is 32.2. The van der Waals surface area contributed by atoms with Gasteiger partial charge in [0.05, 0.1) is 11.4 Å². The van der Waals surface area contributed by atoms with Crippen molar-refractivity contribution in [1.29, 1.82) is 0 Å². The minimum atomic E-state index is -3.55. The molecule has 128 valence electrons. The predicted molar refractivity (Wildman–Crippen MR) is 89.7 cm³/mol. The van der Waals surface area contributed by atoms with E-state index in [1.807, 2.05) is 0 Å². The van der Waals surface area contributed by atoms with Crippen LogP contribution in [0.2, 0.25) is 0 Å². The minimum absolute atomic E-state index is 0.155. The summed E-state index contributed by atoms with van der Waals surface area (Å²) in [6, 6.07) is 5.08. The second kappa shape index (κ2) is 7.39. The van der Waals surface area contributed by atoms with E-state index in [0.717, 1.165) is 25.9 Å². The number of likely N-dealkylation sites (tertiary alicyclic amines) is 1. The minimum Gasteiger partial charge on any atom is -0.328 e. The summed E-state index contributed by atoms with van der Waals surface area (Å²) in [4.78, 5) is 14.4. The lowest BCUT2D eigenvalue weighted by Gasteiger charge is -2.29. The molecule has 1 aromatic rings. The van der Waals surface area contributed by atoms with Gasteiger partial charge in [-0.2, -0.15) is 0 Å². The van der Waals surface area contributed by atoms with Crippen molar-refractivity contribution in [2.24, 2.45) is 5.73 Å². The van der Waals surface area contributed by atoms with E-state index in [1.165, 1.54) is 13.1 Å². The van der Waals surface area contributed by atoms with Crippen LogP contribution in [0.5, 0.6) is 0 Å². The molecule has 0 bridgehead atoms. The van der Waals surface area contributed by atoms with Gasteiger partial charge in [-0.3, -0.25) is 9.69 Å². The molecule has 1 aliphatic rings. The van der Waals surface area contributed by atoms with Crippen molar-refractivity contribution in [2.75, 3.05) is 32.0 Å². The van der Waals surface area contributed by atoms with Crippen LogP contribution in [0.3, 0.4) is 0 Å². The maximum Gasteiger partial charge on any atom is 0.240 e. The lowest BCUT2D eigenvalue weighted by atomic mass is 10.1. The topological polar surface area (TPSA) is 105 Å². The Bertz CT molecular complexity index is 667. The van der Waals surface area contributed by atoms with E-state index in [4.69, 9.17) is 5.73 Å². The number of aryl methyl sites for hydroxylation is 1. The molecule has 0 aliphatic carbocycles.